The van der Waals surface area contributed by atoms with E-state index in [9.17, 15) is 9.59 Å². The number of allylic oxidation sites excluding steroid dienone is 1. The second kappa shape index (κ2) is 8.05. The number of benzene rings is 2. The van der Waals surface area contributed by atoms with Crippen molar-refractivity contribution in [2.45, 2.75) is 19.1 Å². The van der Waals surface area contributed by atoms with Crippen LogP contribution in [0.15, 0.2) is 61.2 Å². The van der Waals surface area contributed by atoms with Gasteiger partial charge in [0.05, 0.1) is 22.3 Å². The average Bonchev–Trinajstić information content (AvgIpc) is 3.27. The topological polar surface area (TPSA) is 62.7 Å². The van der Waals surface area contributed by atoms with Crippen molar-refractivity contribution in [3.63, 3.8) is 0 Å². The normalized spacial score (nSPS) is 16.4. The second-order valence-corrected chi connectivity index (χ2v) is 7.89. The highest BCUT2D eigenvalue weighted by Crippen LogP contribution is 2.33. The molecule has 1 fully saturated rings. The first-order valence-corrected chi connectivity index (χ1v) is 10.2. The Labute approximate surface area is 173 Å². The first kappa shape index (κ1) is 19.1. The standard InChI is InChI=1S/C22H21N3O3S/c1-3-4-7-15-10-12-16(13-11-15)20(26)28-19-14-24(2)22(27)25(19)21-23-17-8-5-6-9-18(17)29-21/h3,5-6,8-13,19H,1,4,7,14H2,2H3. The van der Waals surface area contributed by atoms with Gasteiger partial charge in [0.25, 0.3) is 0 Å². The van der Waals surface area contributed by atoms with Crippen molar-refractivity contribution in [2.24, 2.45) is 0 Å². The van der Waals surface area contributed by atoms with Gasteiger partial charge in [-0.3, -0.25) is 0 Å². The number of esters is 1. The minimum absolute atomic E-state index is 0.235. The van der Waals surface area contributed by atoms with Gasteiger partial charge in [0, 0.05) is 7.05 Å². The molecule has 1 saturated heterocycles. The molecule has 4 rings (SSSR count). The maximum atomic E-state index is 12.7. The summed E-state index contributed by atoms with van der Waals surface area (Å²) in [4.78, 5) is 32.9. The van der Waals surface area contributed by atoms with Gasteiger partial charge < -0.3 is 9.64 Å². The number of carbonyl (C=O) groups is 2. The zero-order valence-corrected chi connectivity index (χ0v) is 16.9. The number of ether oxygens (including phenoxy) is 1. The molecule has 1 unspecified atom stereocenters. The van der Waals surface area contributed by atoms with Crippen LogP contribution < -0.4 is 4.90 Å². The van der Waals surface area contributed by atoms with Crippen molar-refractivity contribution >= 4 is 38.7 Å². The molecule has 2 aromatic carbocycles. The molecule has 1 atom stereocenters. The van der Waals surface area contributed by atoms with E-state index in [2.05, 4.69) is 11.6 Å². The molecular weight excluding hydrogens is 386 g/mol. The molecule has 2 heterocycles. The van der Waals surface area contributed by atoms with Crippen LogP contribution in [0.2, 0.25) is 0 Å². The third-order valence-electron chi connectivity index (χ3n) is 4.81. The molecule has 0 aliphatic carbocycles. The molecule has 0 bridgehead atoms. The quantitative estimate of drug-likeness (QED) is 0.447. The number of rotatable bonds is 6. The number of nitrogens with zero attached hydrogens (tertiary/aromatic N) is 3. The molecule has 0 radical (unpaired) electrons. The highest BCUT2D eigenvalue weighted by molar-refractivity contribution is 7.22. The lowest BCUT2D eigenvalue weighted by Crippen LogP contribution is -2.37. The summed E-state index contributed by atoms with van der Waals surface area (Å²) in [6.45, 7) is 4.01. The smallest absolute Gasteiger partial charge is 0.340 e. The van der Waals surface area contributed by atoms with Crippen LogP contribution in [0.1, 0.15) is 22.3 Å². The van der Waals surface area contributed by atoms with Gasteiger partial charge in [0.1, 0.15) is 0 Å². The summed E-state index contributed by atoms with van der Waals surface area (Å²) in [6, 6.07) is 14.8. The molecule has 2 amide bonds. The number of para-hydroxylation sites is 1. The lowest BCUT2D eigenvalue weighted by molar-refractivity contribution is 0.0331. The van der Waals surface area contributed by atoms with Crippen LogP contribution >= 0.6 is 11.3 Å². The Morgan fingerprint density at radius 2 is 2.03 bits per heavy atom. The van der Waals surface area contributed by atoms with E-state index in [0.717, 1.165) is 28.6 Å². The number of anilines is 1. The number of hydrogen-bond donors (Lipinski definition) is 0. The van der Waals surface area contributed by atoms with Crippen LogP contribution in [0.4, 0.5) is 9.93 Å². The molecular formula is C22H21N3O3S. The Kier molecular flexibility index (Phi) is 5.31. The number of thiazole rings is 1. The fourth-order valence-corrected chi connectivity index (χ4v) is 4.23. The van der Waals surface area contributed by atoms with E-state index in [1.807, 2.05) is 42.5 Å². The summed E-state index contributed by atoms with van der Waals surface area (Å²) >= 11 is 1.40. The number of amides is 2. The first-order valence-electron chi connectivity index (χ1n) is 9.37. The first-order chi connectivity index (χ1) is 14.1. The molecule has 0 spiro atoms. The predicted molar refractivity (Wildman–Crippen MR) is 114 cm³/mol. The third kappa shape index (κ3) is 3.86. The SMILES string of the molecule is C=CCCc1ccc(C(=O)OC2CN(C)C(=O)N2c2nc3ccccc3s2)cc1. The molecule has 0 saturated carbocycles. The lowest BCUT2D eigenvalue weighted by atomic mass is 10.1. The largest absolute Gasteiger partial charge is 0.435 e. The summed E-state index contributed by atoms with van der Waals surface area (Å²) in [5.74, 6) is -0.459. The number of urea groups is 1. The van der Waals surface area contributed by atoms with Crippen LogP contribution in [-0.4, -0.2) is 41.7 Å². The number of aryl methyl sites for hydroxylation is 1. The van der Waals surface area contributed by atoms with Crippen molar-refractivity contribution in [3.05, 3.63) is 72.3 Å². The molecule has 6 nitrogen and oxygen atoms in total. The molecule has 1 aromatic heterocycles. The Morgan fingerprint density at radius 3 is 2.76 bits per heavy atom. The zero-order valence-electron chi connectivity index (χ0n) is 16.1. The number of fused-ring (bicyclic) bond motifs is 1. The molecule has 0 N–H and O–H groups in total. The molecule has 148 valence electrons. The van der Waals surface area contributed by atoms with Gasteiger partial charge in [-0.05, 0) is 42.7 Å². The van der Waals surface area contributed by atoms with Crippen molar-refractivity contribution in [3.8, 4) is 0 Å². The number of aromatic nitrogens is 1. The molecule has 1 aliphatic rings. The summed E-state index contributed by atoms with van der Waals surface area (Å²) < 4.78 is 6.67. The van der Waals surface area contributed by atoms with E-state index < -0.39 is 12.2 Å². The zero-order chi connectivity index (χ0) is 20.4. The Balaban J connectivity index is 1.53. The van der Waals surface area contributed by atoms with Crippen LogP contribution in [0.25, 0.3) is 10.2 Å². The summed E-state index contributed by atoms with van der Waals surface area (Å²) in [5.41, 5.74) is 2.40. The summed E-state index contributed by atoms with van der Waals surface area (Å²) in [7, 11) is 1.69. The van der Waals surface area contributed by atoms with Gasteiger partial charge >= 0.3 is 12.0 Å². The molecule has 29 heavy (non-hydrogen) atoms. The van der Waals surface area contributed by atoms with Gasteiger partial charge in [-0.15, -0.1) is 6.58 Å². The Morgan fingerprint density at radius 1 is 1.28 bits per heavy atom. The Bertz CT molecular complexity index is 1030. The van der Waals surface area contributed by atoms with Crippen LogP contribution in [0, 0.1) is 0 Å². The number of likely N-dealkylation sites (N-methyl/N-ethyl adjacent to an activating group) is 1. The van der Waals surface area contributed by atoms with Gasteiger partial charge in [0.2, 0.25) is 6.23 Å². The highest BCUT2D eigenvalue weighted by Gasteiger charge is 2.40. The minimum atomic E-state index is -0.721. The van der Waals surface area contributed by atoms with Crippen LogP contribution in [0.3, 0.4) is 0 Å². The average molecular weight is 407 g/mol. The Hall–Kier alpha value is -3.19. The number of carbonyl (C=O) groups excluding carboxylic acids is 2. The maximum absolute atomic E-state index is 12.7. The van der Waals surface area contributed by atoms with E-state index in [0.29, 0.717) is 10.7 Å². The minimum Gasteiger partial charge on any atom is -0.435 e. The van der Waals surface area contributed by atoms with Crippen LogP contribution in [0.5, 0.6) is 0 Å². The summed E-state index contributed by atoms with van der Waals surface area (Å²) in [5, 5.41) is 0.526. The fourth-order valence-electron chi connectivity index (χ4n) is 3.23. The van der Waals surface area contributed by atoms with E-state index in [4.69, 9.17) is 4.74 Å². The van der Waals surface area contributed by atoms with E-state index >= 15 is 0 Å². The predicted octanol–water partition coefficient (Wildman–Crippen LogP) is 4.47. The van der Waals surface area contributed by atoms with E-state index in [-0.39, 0.29) is 12.6 Å². The molecule has 1 aliphatic heterocycles. The monoisotopic (exact) mass is 407 g/mol. The summed E-state index contributed by atoms with van der Waals surface area (Å²) in [6.07, 6.45) is 2.91. The van der Waals surface area contributed by atoms with Crippen molar-refractivity contribution in [1.29, 1.82) is 0 Å². The van der Waals surface area contributed by atoms with Gasteiger partial charge in [-0.1, -0.05) is 41.7 Å². The van der Waals surface area contributed by atoms with Crippen LogP contribution in [-0.2, 0) is 11.2 Å². The van der Waals surface area contributed by atoms with E-state index in [1.54, 1.807) is 19.2 Å². The highest BCUT2D eigenvalue weighted by atomic mass is 32.1. The van der Waals surface area contributed by atoms with Gasteiger partial charge in [0.15, 0.2) is 5.13 Å². The van der Waals surface area contributed by atoms with Crippen molar-refractivity contribution in [2.75, 3.05) is 18.5 Å². The molecule has 7 heteroatoms. The molecule has 3 aromatic rings. The van der Waals surface area contributed by atoms with Gasteiger partial charge in [-0.2, -0.15) is 0 Å². The van der Waals surface area contributed by atoms with E-state index in [1.165, 1.54) is 21.1 Å². The fraction of sp³-hybridized carbons (Fsp3) is 0.227. The second-order valence-electron chi connectivity index (χ2n) is 6.88. The van der Waals surface area contributed by atoms with Gasteiger partial charge in [-0.25, -0.2) is 19.5 Å². The van der Waals surface area contributed by atoms with Crippen molar-refractivity contribution < 1.29 is 14.3 Å². The number of hydrogen-bond acceptors (Lipinski definition) is 5. The van der Waals surface area contributed by atoms with Crippen molar-refractivity contribution in [1.82, 2.24) is 9.88 Å². The third-order valence-corrected chi connectivity index (χ3v) is 5.84. The lowest BCUT2D eigenvalue weighted by Gasteiger charge is -2.20. The maximum Gasteiger partial charge on any atom is 0.340 e.